The number of nitrogens with zero attached hydrogens (tertiary/aromatic N) is 2. The maximum Gasteiger partial charge on any atom is 0.356 e. The molecule has 2 rings (SSSR count). The summed E-state index contributed by atoms with van der Waals surface area (Å²) in [4.78, 5) is 10.7. The van der Waals surface area contributed by atoms with Crippen molar-refractivity contribution >= 4 is 17.6 Å². The number of halogens is 1. The van der Waals surface area contributed by atoms with Crippen LogP contribution < -0.4 is 4.74 Å². The molecule has 0 saturated carbocycles. The summed E-state index contributed by atoms with van der Waals surface area (Å²) in [5.41, 5.74) is 1.07. The maximum absolute atomic E-state index is 10.7. The van der Waals surface area contributed by atoms with E-state index in [1.807, 2.05) is 0 Å². The van der Waals surface area contributed by atoms with Crippen LogP contribution in [0.1, 0.15) is 10.5 Å². The van der Waals surface area contributed by atoms with Crippen molar-refractivity contribution in [2.24, 2.45) is 0 Å². The van der Waals surface area contributed by atoms with E-state index in [9.17, 15) is 4.79 Å². The van der Waals surface area contributed by atoms with Gasteiger partial charge in [-0.3, -0.25) is 0 Å². The number of ether oxygens (including phenoxy) is 1. The number of aromatic nitrogens is 2. The van der Waals surface area contributed by atoms with Gasteiger partial charge in [-0.05, 0) is 30.3 Å². The summed E-state index contributed by atoms with van der Waals surface area (Å²) in [6, 6.07) is 8.08. The van der Waals surface area contributed by atoms with Crippen LogP contribution in [0.3, 0.4) is 0 Å². The number of aromatic carboxylic acids is 1. The van der Waals surface area contributed by atoms with Crippen LogP contribution in [0.4, 0.5) is 0 Å². The zero-order valence-electron chi connectivity index (χ0n) is 9.42. The molecule has 0 saturated heterocycles. The lowest BCUT2D eigenvalue weighted by atomic mass is 10.1. The molecule has 1 aromatic carbocycles. The molecule has 2 aromatic rings. The standard InChI is InChI=1S/C12H9ClN2O3/c1-18-7-2-3-8(9(13)6-7)10-4-5-11(12(16)17)15-14-10/h2-6H,1H3,(H,16,17). The topological polar surface area (TPSA) is 72.3 Å². The molecule has 1 heterocycles. The molecule has 0 radical (unpaired) electrons. The Labute approximate surface area is 108 Å². The highest BCUT2D eigenvalue weighted by Crippen LogP contribution is 2.29. The van der Waals surface area contributed by atoms with Gasteiger partial charge in [0.2, 0.25) is 0 Å². The number of carboxylic acid groups (broad SMARTS) is 1. The molecule has 1 N–H and O–H groups in total. The second kappa shape index (κ2) is 5.01. The van der Waals surface area contributed by atoms with E-state index >= 15 is 0 Å². The van der Waals surface area contributed by atoms with E-state index in [1.165, 1.54) is 6.07 Å². The summed E-state index contributed by atoms with van der Waals surface area (Å²) in [6.07, 6.45) is 0. The van der Waals surface area contributed by atoms with Gasteiger partial charge in [0.1, 0.15) is 5.75 Å². The lowest BCUT2D eigenvalue weighted by molar-refractivity contribution is 0.0689. The van der Waals surface area contributed by atoms with Crippen LogP contribution in [0.2, 0.25) is 5.02 Å². The van der Waals surface area contributed by atoms with Gasteiger partial charge < -0.3 is 9.84 Å². The molecule has 0 fully saturated rings. The predicted octanol–water partition coefficient (Wildman–Crippen LogP) is 2.50. The fourth-order valence-corrected chi connectivity index (χ4v) is 1.69. The zero-order chi connectivity index (χ0) is 13.1. The quantitative estimate of drug-likeness (QED) is 0.922. The number of carboxylic acids is 1. The number of hydrogen-bond donors (Lipinski definition) is 1. The number of hydrogen-bond acceptors (Lipinski definition) is 4. The molecular formula is C12H9ClN2O3. The van der Waals surface area contributed by atoms with Crippen LogP contribution in [0, 0.1) is 0 Å². The van der Waals surface area contributed by atoms with Gasteiger partial charge in [0.15, 0.2) is 5.69 Å². The Morgan fingerprint density at radius 1 is 1.28 bits per heavy atom. The molecule has 1 aromatic heterocycles. The first-order chi connectivity index (χ1) is 8.61. The Hall–Kier alpha value is -2.14. The van der Waals surface area contributed by atoms with Crippen LogP contribution in [-0.4, -0.2) is 28.4 Å². The van der Waals surface area contributed by atoms with Gasteiger partial charge in [0.25, 0.3) is 0 Å². The summed E-state index contributed by atoms with van der Waals surface area (Å²) >= 11 is 6.08. The lowest BCUT2D eigenvalue weighted by Gasteiger charge is -2.05. The third-order valence-corrected chi connectivity index (χ3v) is 2.65. The maximum atomic E-state index is 10.7. The second-order valence-corrected chi connectivity index (χ2v) is 3.86. The Balaban J connectivity index is 2.39. The Morgan fingerprint density at radius 3 is 2.56 bits per heavy atom. The molecule has 18 heavy (non-hydrogen) atoms. The van der Waals surface area contributed by atoms with Crippen LogP contribution in [0.5, 0.6) is 5.75 Å². The molecular weight excluding hydrogens is 256 g/mol. The van der Waals surface area contributed by atoms with E-state index in [4.69, 9.17) is 21.4 Å². The smallest absolute Gasteiger partial charge is 0.356 e. The van der Waals surface area contributed by atoms with Crippen molar-refractivity contribution in [3.05, 3.63) is 41.0 Å². The first kappa shape index (κ1) is 12.3. The molecule has 0 aliphatic rings. The first-order valence-corrected chi connectivity index (χ1v) is 5.40. The van der Waals surface area contributed by atoms with Gasteiger partial charge in [-0.2, -0.15) is 0 Å². The molecule has 0 atom stereocenters. The van der Waals surface area contributed by atoms with Crippen molar-refractivity contribution < 1.29 is 14.6 Å². The van der Waals surface area contributed by atoms with Gasteiger partial charge in [-0.15, -0.1) is 10.2 Å². The van der Waals surface area contributed by atoms with Crippen LogP contribution >= 0.6 is 11.6 Å². The molecule has 0 amide bonds. The highest BCUT2D eigenvalue weighted by atomic mass is 35.5. The average Bonchev–Trinajstić information content (AvgIpc) is 2.38. The van der Waals surface area contributed by atoms with E-state index < -0.39 is 5.97 Å². The Bertz CT molecular complexity index is 584. The fourth-order valence-electron chi connectivity index (χ4n) is 1.42. The van der Waals surface area contributed by atoms with Crippen LogP contribution in [0.25, 0.3) is 11.3 Å². The van der Waals surface area contributed by atoms with E-state index in [-0.39, 0.29) is 5.69 Å². The number of rotatable bonds is 3. The monoisotopic (exact) mass is 264 g/mol. The molecule has 0 aliphatic heterocycles. The largest absolute Gasteiger partial charge is 0.497 e. The average molecular weight is 265 g/mol. The third kappa shape index (κ3) is 2.41. The summed E-state index contributed by atoms with van der Waals surface area (Å²) in [5, 5.41) is 16.6. The summed E-state index contributed by atoms with van der Waals surface area (Å²) < 4.78 is 5.04. The summed E-state index contributed by atoms with van der Waals surface area (Å²) in [6.45, 7) is 0. The van der Waals surface area contributed by atoms with Gasteiger partial charge in [0.05, 0.1) is 17.8 Å². The van der Waals surface area contributed by atoms with Crippen LogP contribution in [-0.2, 0) is 0 Å². The van der Waals surface area contributed by atoms with Gasteiger partial charge >= 0.3 is 5.97 Å². The Kier molecular flexibility index (Phi) is 3.43. The van der Waals surface area contributed by atoms with Crippen LogP contribution in [0.15, 0.2) is 30.3 Å². The third-order valence-electron chi connectivity index (χ3n) is 2.34. The van der Waals surface area contributed by atoms with Crippen molar-refractivity contribution in [3.8, 4) is 17.0 Å². The summed E-state index contributed by atoms with van der Waals surface area (Å²) in [7, 11) is 1.55. The molecule has 0 aliphatic carbocycles. The molecule has 5 nitrogen and oxygen atoms in total. The number of methoxy groups -OCH3 is 1. The minimum atomic E-state index is -1.12. The van der Waals surface area contributed by atoms with Crippen molar-refractivity contribution in [2.75, 3.05) is 7.11 Å². The molecule has 0 bridgehead atoms. The highest BCUT2D eigenvalue weighted by Gasteiger charge is 2.09. The van der Waals surface area contributed by atoms with Crippen molar-refractivity contribution in [2.45, 2.75) is 0 Å². The molecule has 0 spiro atoms. The molecule has 0 unspecified atom stereocenters. The molecule has 92 valence electrons. The van der Waals surface area contributed by atoms with Gasteiger partial charge in [-0.25, -0.2) is 4.79 Å². The highest BCUT2D eigenvalue weighted by molar-refractivity contribution is 6.33. The summed E-state index contributed by atoms with van der Waals surface area (Å²) in [5.74, 6) is -0.478. The minimum absolute atomic E-state index is 0.108. The van der Waals surface area contributed by atoms with Gasteiger partial charge in [-0.1, -0.05) is 11.6 Å². The number of carbonyl (C=O) groups is 1. The second-order valence-electron chi connectivity index (χ2n) is 3.45. The van der Waals surface area contributed by atoms with Crippen molar-refractivity contribution in [1.82, 2.24) is 10.2 Å². The van der Waals surface area contributed by atoms with E-state index in [0.717, 1.165) is 0 Å². The SMILES string of the molecule is COc1ccc(-c2ccc(C(=O)O)nn2)c(Cl)c1. The Morgan fingerprint density at radius 2 is 2.06 bits per heavy atom. The first-order valence-electron chi connectivity index (χ1n) is 5.03. The predicted molar refractivity (Wildman–Crippen MR) is 66.0 cm³/mol. The van der Waals surface area contributed by atoms with E-state index in [1.54, 1.807) is 31.4 Å². The molecule has 6 heteroatoms. The number of benzene rings is 1. The van der Waals surface area contributed by atoms with Crippen molar-refractivity contribution in [3.63, 3.8) is 0 Å². The van der Waals surface area contributed by atoms with E-state index in [2.05, 4.69) is 10.2 Å². The normalized spacial score (nSPS) is 10.1. The van der Waals surface area contributed by atoms with Crippen molar-refractivity contribution in [1.29, 1.82) is 0 Å². The van der Waals surface area contributed by atoms with E-state index in [0.29, 0.717) is 22.0 Å². The lowest BCUT2D eigenvalue weighted by Crippen LogP contribution is -2.02. The fraction of sp³-hybridized carbons (Fsp3) is 0.0833. The zero-order valence-corrected chi connectivity index (χ0v) is 10.2. The van der Waals surface area contributed by atoms with Gasteiger partial charge in [0, 0.05) is 5.56 Å². The minimum Gasteiger partial charge on any atom is -0.497 e.